The van der Waals surface area contributed by atoms with Crippen molar-refractivity contribution in [3.8, 4) is 0 Å². The number of nitrogens with zero attached hydrogens (tertiary/aromatic N) is 1. The number of aliphatic hydroxyl groups is 3. The number of carboxylic acid groups (broad SMARTS) is 1. The highest BCUT2D eigenvalue weighted by molar-refractivity contribution is 5.69. The molecule has 6 heteroatoms. The van der Waals surface area contributed by atoms with E-state index in [1.807, 2.05) is 38.2 Å². The predicted molar refractivity (Wildman–Crippen MR) is 106 cm³/mol. The molecule has 0 amide bonds. The van der Waals surface area contributed by atoms with Crippen LogP contribution >= 0.6 is 0 Å². The number of aliphatic hydroxyl groups excluding tert-OH is 3. The highest BCUT2D eigenvalue weighted by atomic mass is 16.4. The maximum atomic E-state index is 11.6. The fraction of sp³-hybridized carbons (Fsp3) is 0.762. The third kappa shape index (κ3) is 10.6. The normalized spacial score (nSPS) is 17.9. The standard InChI is InChI=1S/C21H39NO5/c1-4-6-8-10-12-19(24)16-22(14-15-23,18(3)21(26)27)17-20(25)13-11-9-7-5-2/h4-7,18-20,23-25H,8-17H2,1-3H3/b6-4+,7-5+. The van der Waals surface area contributed by atoms with Crippen LogP contribution in [-0.2, 0) is 4.79 Å². The Bertz CT molecular complexity index is 424. The summed E-state index contributed by atoms with van der Waals surface area (Å²) in [6, 6.07) is -0.924. The van der Waals surface area contributed by atoms with Crippen LogP contribution in [0.2, 0.25) is 0 Å². The van der Waals surface area contributed by atoms with Gasteiger partial charge in [0.2, 0.25) is 0 Å². The Labute approximate surface area is 164 Å². The molecule has 0 aliphatic rings. The lowest BCUT2D eigenvalue weighted by atomic mass is 10.0. The highest BCUT2D eigenvalue weighted by Crippen LogP contribution is 2.20. The Morgan fingerprint density at radius 1 is 1.00 bits per heavy atom. The Morgan fingerprint density at radius 3 is 1.78 bits per heavy atom. The summed E-state index contributed by atoms with van der Waals surface area (Å²) >= 11 is 0. The summed E-state index contributed by atoms with van der Waals surface area (Å²) in [6.07, 6.45) is 11.0. The van der Waals surface area contributed by atoms with Gasteiger partial charge in [0.05, 0.1) is 12.6 Å². The summed E-state index contributed by atoms with van der Waals surface area (Å²) in [7, 11) is 0. The zero-order valence-electron chi connectivity index (χ0n) is 17.2. The first-order valence-electron chi connectivity index (χ1n) is 10.1. The summed E-state index contributed by atoms with van der Waals surface area (Å²) in [5.41, 5.74) is 0. The van der Waals surface area contributed by atoms with Gasteiger partial charge in [-0.1, -0.05) is 24.3 Å². The zero-order valence-corrected chi connectivity index (χ0v) is 17.2. The van der Waals surface area contributed by atoms with Crippen molar-refractivity contribution in [3.05, 3.63) is 24.3 Å². The van der Waals surface area contributed by atoms with Gasteiger partial charge >= 0.3 is 0 Å². The molecule has 158 valence electrons. The third-order valence-electron chi connectivity index (χ3n) is 5.14. The Morgan fingerprint density at radius 2 is 1.44 bits per heavy atom. The molecule has 0 saturated carbocycles. The maximum Gasteiger partial charge on any atom is 0.127 e. The first kappa shape index (κ1) is 25.8. The minimum Gasteiger partial charge on any atom is -0.544 e. The number of hydrogen-bond donors (Lipinski definition) is 3. The SMILES string of the molecule is C/C=C/CCCC(O)C[N+](CCO)(CC(O)CCC/C=C/C)C(C)C(=O)[O-]. The van der Waals surface area contributed by atoms with Gasteiger partial charge in [-0.15, -0.1) is 0 Å². The van der Waals surface area contributed by atoms with Crippen LogP contribution in [-0.4, -0.2) is 70.3 Å². The number of quaternary nitrogens is 1. The van der Waals surface area contributed by atoms with Gasteiger partial charge in [-0.2, -0.15) is 0 Å². The van der Waals surface area contributed by atoms with Crippen LogP contribution in [0.1, 0.15) is 59.3 Å². The van der Waals surface area contributed by atoms with Crippen molar-refractivity contribution >= 4 is 5.97 Å². The number of allylic oxidation sites excluding steroid dienone is 4. The predicted octanol–water partition coefficient (Wildman–Crippen LogP) is 1.15. The zero-order chi connectivity index (χ0) is 20.7. The van der Waals surface area contributed by atoms with E-state index in [0.29, 0.717) is 12.8 Å². The molecule has 0 spiro atoms. The van der Waals surface area contributed by atoms with Crippen molar-refractivity contribution < 1.29 is 29.7 Å². The van der Waals surface area contributed by atoms with Crippen LogP contribution in [0.15, 0.2) is 24.3 Å². The molecule has 0 heterocycles. The van der Waals surface area contributed by atoms with E-state index < -0.39 is 24.2 Å². The molecule has 0 fully saturated rings. The average molecular weight is 386 g/mol. The topological polar surface area (TPSA) is 101 Å². The first-order valence-corrected chi connectivity index (χ1v) is 10.1. The fourth-order valence-electron chi connectivity index (χ4n) is 3.49. The molecule has 3 N–H and O–H groups in total. The van der Waals surface area contributed by atoms with Crippen LogP contribution in [0.4, 0.5) is 0 Å². The molecule has 0 aliphatic carbocycles. The van der Waals surface area contributed by atoms with Crippen molar-refractivity contribution in [1.82, 2.24) is 0 Å². The summed E-state index contributed by atoms with van der Waals surface area (Å²) < 4.78 is -0.0750. The van der Waals surface area contributed by atoms with E-state index in [1.54, 1.807) is 0 Å². The van der Waals surface area contributed by atoms with Gasteiger partial charge < -0.3 is 29.7 Å². The van der Waals surface area contributed by atoms with Crippen LogP contribution in [0.5, 0.6) is 0 Å². The average Bonchev–Trinajstić information content (AvgIpc) is 2.61. The van der Waals surface area contributed by atoms with Gasteiger partial charge in [0.25, 0.3) is 0 Å². The summed E-state index contributed by atoms with van der Waals surface area (Å²) in [5.74, 6) is -1.23. The second-order valence-electron chi connectivity index (χ2n) is 7.33. The van der Waals surface area contributed by atoms with Gasteiger partial charge in [0.1, 0.15) is 37.9 Å². The van der Waals surface area contributed by atoms with Crippen LogP contribution < -0.4 is 5.11 Å². The molecule has 27 heavy (non-hydrogen) atoms. The highest BCUT2D eigenvalue weighted by Gasteiger charge is 2.38. The van der Waals surface area contributed by atoms with Gasteiger partial charge in [-0.05, 0) is 59.3 Å². The smallest absolute Gasteiger partial charge is 0.127 e. The van der Waals surface area contributed by atoms with Crippen molar-refractivity contribution in [2.24, 2.45) is 0 Å². The lowest BCUT2D eigenvalue weighted by Crippen LogP contribution is -2.66. The molecule has 0 rings (SSSR count). The van der Waals surface area contributed by atoms with Crippen LogP contribution in [0.3, 0.4) is 0 Å². The summed E-state index contributed by atoms with van der Waals surface area (Å²) in [4.78, 5) is 11.6. The minimum absolute atomic E-state index is 0.0750. The van der Waals surface area contributed by atoms with Crippen molar-refractivity contribution in [2.45, 2.75) is 77.5 Å². The molecule has 0 aromatic heterocycles. The summed E-state index contributed by atoms with van der Waals surface area (Å²) in [6.45, 7) is 5.72. The molecule has 3 atom stereocenters. The van der Waals surface area contributed by atoms with E-state index in [1.165, 1.54) is 6.92 Å². The van der Waals surface area contributed by atoms with E-state index in [2.05, 4.69) is 0 Å². The number of carbonyl (C=O) groups is 1. The second-order valence-corrected chi connectivity index (χ2v) is 7.33. The third-order valence-corrected chi connectivity index (χ3v) is 5.14. The lowest BCUT2D eigenvalue weighted by molar-refractivity contribution is -0.948. The lowest BCUT2D eigenvalue weighted by Gasteiger charge is -2.45. The molecule has 0 aromatic rings. The van der Waals surface area contributed by atoms with Gasteiger partial charge in [0.15, 0.2) is 0 Å². The maximum absolute atomic E-state index is 11.6. The van der Waals surface area contributed by atoms with E-state index in [4.69, 9.17) is 0 Å². The molecule has 0 radical (unpaired) electrons. The Balaban J connectivity index is 5.12. The number of rotatable bonds is 16. The van der Waals surface area contributed by atoms with Gasteiger partial charge in [0, 0.05) is 0 Å². The monoisotopic (exact) mass is 385 g/mol. The molecule has 0 saturated heterocycles. The quantitative estimate of drug-likeness (QED) is 0.210. The molecule has 0 aromatic carbocycles. The minimum atomic E-state index is -1.23. The fourth-order valence-corrected chi connectivity index (χ4v) is 3.49. The van der Waals surface area contributed by atoms with Crippen LogP contribution in [0, 0.1) is 0 Å². The van der Waals surface area contributed by atoms with Crippen molar-refractivity contribution in [2.75, 3.05) is 26.2 Å². The number of hydrogen-bond acceptors (Lipinski definition) is 5. The molecule has 0 aliphatic heterocycles. The number of unbranched alkanes of at least 4 members (excludes halogenated alkanes) is 2. The Hall–Kier alpha value is -1.21. The molecule has 0 bridgehead atoms. The van der Waals surface area contributed by atoms with E-state index in [0.717, 1.165) is 25.7 Å². The van der Waals surface area contributed by atoms with Crippen molar-refractivity contribution in [1.29, 1.82) is 0 Å². The number of carbonyl (C=O) groups excluding carboxylic acids is 1. The van der Waals surface area contributed by atoms with Crippen molar-refractivity contribution in [3.63, 3.8) is 0 Å². The number of carboxylic acids is 1. The van der Waals surface area contributed by atoms with E-state index in [-0.39, 0.29) is 30.7 Å². The molecular weight excluding hydrogens is 346 g/mol. The number of aliphatic carboxylic acids is 1. The Kier molecular flexibility index (Phi) is 14.1. The molecule has 6 nitrogen and oxygen atoms in total. The first-order chi connectivity index (χ1) is 12.8. The van der Waals surface area contributed by atoms with Crippen LogP contribution in [0.25, 0.3) is 0 Å². The van der Waals surface area contributed by atoms with E-state index in [9.17, 15) is 25.2 Å². The van der Waals surface area contributed by atoms with Gasteiger partial charge in [-0.25, -0.2) is 0 Å². The summed E-state index contributed by atoms with van der Waals surface area (Å²) in [5, 5.41) is 42.1. The molecular formula is C21H39NO5. The molecule has 3 unspecified atom stereocenters. The second kappa shape index (κ2) is 14.8. The van der Waals surface area contributed by atoms with Gasteiger partial charge in [-0.3, -0.25) is 0 Å². The van der Waals surface area contributed by atoms with E-state index >= 15 is 0 Å². The largest absolute Gasteiger partial charge is 0.544 e.